The molecule has 1 aliphatic heterocycles. The Morgan fingerprint density at radius 3 is 2.59 bits per heavy atom. The van der Waals surface area contributed by atoms with Gasteiger partial charge in [0.15, 0.2) is 6.10 Å². The highest BCUT2D eigenvalue weighted by Crippen LogP contribution is 2.51. The number of esters is 1. The van der Waals surface area contributed by atoms with E-state index in [4.69, 9.17) is 18.5 Å². The molecule has 0 saturated heterocycles. The van der Waals surface area contributed by atoms with Crippen LogP contribution in [0.4, 0.5) is 0 Å². The van der Waals surface area contributed by atoms with Crippen molar-refractivity contribution in [3.05, 3.63) is 64.2 Å². The second kappa shape index (κ2) is 10.3. The summed E-state index contributed by atoms with van der Waals surface area (Å²) < 4.78 is 35.0. The molecule has 2 N–H and O–H groups in total. The maximum atomic E-state index is 13.5. The number of benzene rings is 2. The maximum absolute atomic E-state index is 13.5. The van der Waals surface area contributed by atoms with Crippen molar-refractivity contribution in [1.29, 1.82) is 0 Å². The van der Waals surface area contributed by atoms with Crippen LogP contribution in [0.3, 0.4) is 0 Å². The van der Waals surface area contributed by atoms with Crippen LogP contribution < -0.4 is 9.26 Å². The van der Waals surface area contributed by atoms with E-state index in [0.29, 0.717) is 28.0 Å². The number of cyclic esters (lactones) is 1. The number of phenols is 1. The second-order valence-corrected chi connectivity index (χ2v) is 9.86. The van der Waals surface area contributed by atoms with E-state index in [1.807, 2.05) is 0 Å². The molecule has 0 spiro atoms. The fraction of sp³-hybridized carbons (Fsp3) is 0.333. The topological polar surface area (TPSA) is 129 Å². The van der Waals surface area contributed by atoms with Crippen LogP contribution in [0.25, 0.3) is 0 Å². The van der Waals surface area contributed by atoms with E-state index in [1.54, 1.807) is 50.3 Å². The summed E-state index contributed by atoms with van der Waals surface area (Å²) in [7, 11) is -2.44. The molecule has 34 heavy (non-hydrogen) atoms. The minimum absolute atomic E-state index is 0.0676. The summed E-state index contributed by atoms with van der Waals surface area (Å²) in [4.78, 5) is 23.4. The van der Waals surface area contributed by atoms with Crippen LogP contribution in [-0.4, -0.2) is 41.5 Å². The van der Waals surface area contributed by atoms with Crippen LogP contribution in [0.5, 0.6) is 17.2 Å². The molecular weight excluding hydrogens is 463 g/mol. The molecule has 0 aliphatic carbocycles. The molecule has 1 aliphatic rings. The molecule has 2 atom stereocenters. The smallest absolute Gasteiger partial charge is 0.384 e. The van der Waals surface area contributed by atoms with E-state index < -0.39 is 25.6 Å². The summed E-state index contributed by atoms with van der Waals surface area (Å²) >= 11 is 0. The molecule has 2 aromatic rings. The molecule has 0 bridgehead atoms. The number of carbonyl (C=O) groups excluding carboxylic acids is 1. The average molecular weight is 490 g/mol. The van der Waals surface area contributed by atoms with Crippen molar-refractivity contribution >= 4 is 19.5 Å². The van der Waals surface area contributed by atoms with Gasteiger partial charge in [-0.2, -0.15) is 0 Å². The van der Waals surface area contributed by atoms with Gasteiger partial charge in [0, 0.05) is 11.1 Å². The van der Waals surface area contributed by atoms with E-state index in [9.17, 15) is 24.4 Å². The first-order valence-corrected chi connectivity index (χ1v) is 12.3. The molecule has 1 heterocycles. The van der Waals surface area contributed by atoms with Gasteiger partial charge >= 0.3 is 19.5 Å². The summed E-state index contributed by atoms with van der Waals surface area (Å²) in [5.74, 6) is -1.38. The van der Waals surface area contributed by atoms with E-state index in [-0.39, 0.29) is 36.3 Å². The Morgan fingerprint density at radius 2 is 1.97 bits per heavy atom. The molecule has 0 amide bonds. The number of hydrogen-bond donors (Lipinski definition) is 2. The van der Waals surface area contributed by atoms with Crippen molar-refractivity contribution in [3.8, 4) is 17.2 Å². The van der Waals surface area contributed by atoms with Crippen LogP contribution in [0, 0.1) is 6.92 Å². The lowest BCUT2D eigenvalue weighted by Crippen LogP contribution is -2.21. The lowest BCUT2D eigenvalue weighted by Gasteiger charge is -2.22. The molecule has 0 saturated carbocycles. The van der Waals surface area contributed by atoms with E-state index in [1.165, 1.54) is 14.0 Å². The molecule has 2 aromatic carbocycles. The van der Waals surface area contributed by atoms with Gasteiger partial charge in [-0.15, -0.1) is 0 Å². The predicted octanol–water partition coefficient (Wildman–Crippen LogP) is 4.63. The molecule has 3 rings (SSSR count). The Balaban J connectivity index is 1.89. The van der Waals surface area contributed by atoms with Crippen molar-refractivity contribution in [2.24, 2.45) is 0 Å². The number of phenolic OH excluding ortho intramolecular Hbond substituents is 1. The standard InChI is InChI=1S/C24H27O9P/c1-14(13-34(29,32-16(3)23(26)27)33-17-8-6-5-7-9-17)10-11-18-21(25)20-19(12-31-24(20)28)15(2)22(18)30-4/h5-10,16,25H,11-13H2,1-4H3,(H,26,27). The largest absolute Gasteiger partial charge is 0.507 e. The third-order valence-corrected chi connectivity index (χ3v) is 7.41. The number of aromatic hydroxyl groups is 1. The van der Waals surface area contributed by atoms with Gasteiger partial charge in [-0.3, -0.25) is 4.52 Å². The third kappa shape index (κ3) is 5.43. The normalized spacial score (nSPS) is 15.8. The number of carbonyl (C=O) groups is 2. The SMILES string of the molecule is COc1c(C)c2c(c(O)c1CC=C(C)CP(=O)(Oc1ccccc1)OC(C)C(=O)O)C(=O)OC2. The lowest BCUT2D eigenvalue weighted by atomic mass is 9.95. The Bertz CT molecular complexity index is 1170. The van der Waals surface area contributed by atoms with Gasteiger partial charge < -0.3 is 24.2 Å². The second-order valence-electron chi connectivity index (χ2n) is 7.93. The molecule has 182 valence electrons. The highest BCUT2D eigenvalue weighted by molar-refractivity contribution is 7.54. The highest BCUT2D eigenvalue weighted by Gasteiger charge is 2.33. The van der Waals surface area contributed by atoms with Crippen molar-refractivity contribution in [3.63, 3.8) is 0 Å². The summed E-state index contributed by atoms with van der Waals surface area (Å²) in [5, 5.41) is 20.0. The zero-order valence-corrected chi connectivity index (χ0v) is 20.3. The maximum Gasteiger partial charge on any atom is 0.384 e. The van der Waals surface area contributed by atoms with Gasteiger partial charge in [-0.1, -0.05) is 29.8 Å². The van der Waals surface area contributed by atoms with E-state index in [0.717, 1.165) is 0 Å². The lowest BCUT2D eigenvalue weighted by molar-refractivity contribution is -0.144. The van der Waals surface area contributed by atoms with Crippen LogP contribution in [-0.2, 0) is 31.6 Å². The van der Waals surface area contributed by atoms with Gasteiger partial charge in [-0.25, -0.2) is 14.2 Å². The van der Waals surface area contributed by atoms with Crippen molar-refractivity contribution in [2.75, 3.05) is 13.3 Å². The van der Waals surface area contributed by atoms with Crippen LogP contribution >= 0.6 is 7.60 Å². The number of para-hydroxylation sites is 1. The number of methoxy groups -OCH3 is 1. The molecular formula is C24H27O9P. The summed E-state index contributed by atoms with van der Waals surface area (Å²) in [5.41, 5.74) is 2.35. The Morgan fingerprint density at radius 1 is 1.29 bits per heavy atom. The highest BCUT2D eigenvalue weighted by atomic mass is 31.2. The van der Waals surface area contributed by atoms with Crippen molar-refractivity contribution < 1.29 is 42.9 Å². The summed E-state index contributed by atoms with van der Waals surface area (Å²) in [6, 6.07) is 8.34. The summed E-state index contributed by atoms with van der Waals surface area (Å²) in [6.45, 7) is 4.81. The number of aliphatic carboxylic acids is 1. The first-order chi connectivity index (χ1) is 16.1. The van der Waals surface area contributed by atoms with Crippen LogP contribution in [0.2, 0.25) is 0 Å². The van der Waals surface area contributed by atoms with Crippen molar-refractivity contribution in [1.82, 2.24) is 0 Å². The Hall–Kier alpha value is -3.29. The minimum Gasteiger partial charge on any atom is -0.507 e. The quantitative estimate of drug-likeness (QED) is 0.278. The van der Waals surface area contributed by atoms with Gasteiger partial charge in [0.2, 0.25) is 0 Å². The number of allylic oxidation sites excluding steroid dienone is 2. The first-order valence-electron chi connectivity index (χ1n) is 10.5. The van der Waals surface area contributed by atoms with Crippen molar-refractivity contribution in [2.45, 2.75) is 39.9 Å². The van der Waals surface area contributed by atoms with Gasteiger partial charge in [0.25, 0.3) is 0 Å². The Labute approximate surface area is 197 Å². The molecule has 9 nitrogen and oxygen atoms in total. The molecule has 0 aromatic heterocycles. The zero-order chi connectivity index (χ0) is 25.0. The van der Waals surface area contributed by atoms with Gasteiger partial charge in [-0.05, 0) is 44.9 Å². The monoisotopic (exact) mass is 490 g/mol. The summed E-state index contributed by atoms with van der Waals surface area (Å²) in [6.07, 6.45) is 0.313. The third-order valence-electron chi connectivity index (χ3n) is 5.40. The van der Waals surface area contributed by atoms with E-state index in [2.05, 4.69) is 0 Å². The van der Waals surface area contributed by atoms with Gasteiger partial charge in [0.05, 0.1) is 13.3 Å². The number of carboxylic acids is 1. The van der Waals surface area contributed by atoms with Crippen LogP contribution in [0.15, 0.2) is 42.0 Å². The van der Waals surface area contributed by atoms with Crippen LogP contribution in [0.1, 0.15) is 40.9 Å². The number of ether oxygens (including phenoxy) is 2. The van der Waals surface area contributed by atoms with Gasteiger partial charge in [0.1, 0.15) is 29.4 Å². The molecule has 2 unspecified atom stereocenters. The molecule has 0 fully saturated rings. The Kier molecular flexibility index (Phi) is 7.69. The zero-order valence-electron chi connectivity index (χ0n) is 19.4. The number of fused-ring (bicyclic) bond motifs is 1. The average Bonchev–Trinajstić information content (AvgIpc) is 3.17. The number of hydrogen-bond acceptors (Lipinski definition) is 8. The fourth-order valence-electron chi connectivity index (χ4n) is 3.69. The first kappa shape index (κ1) is 25.3. The number of carboxylic acid groups (broad SMARTS) is 1. The molecule has 0 radical (unpaired) electrons. The number of rotatable bonds is 10. The van der Waals surface area contributed by atoms with E-state index >= 15 is 0 Å². The predicted molar refractivity (Wildman–Crippen MR) is 124 cm³/mol. The minimum atomic E-state index is -3.91. The molecule has 10 heteroatoms. The fourth-order valence-corrected chi connectivity index (χ4v) is 5.63.